The van der Waals surface area contributed by atoms with Gasteiger partial charge in [0.1, 0.15) is 11.4 Å². The molecule has 4 rings (SSSR count). The molecule has 0 aliphatic carbocycles. The topological polar surface area (TPSA) is 76.4 Å². The van der Waals surface area contributed by atoms with E-state index in [-0.39, 0.29) is 0 Å². The number of ether oxygens (including phenoxy) is 1. The maximum atomic E-state index is 5.24. The molecular weight excluding hydrogens is 292 g/mol. The molecule has 1 aliphatic heterocycles. The molecule has 0 spiro atoms. The molecule has 0 bridgehead atoms. The van der Waals surface area contributed by atoms with Crippen LogP contribution in [0.3, 0.4) is 0 Å². The van der Waals surface area contributed by atoms with Crippen LogP contribution in [0.4, 0.5) is 5.95 Å². The molecule has 1 aliphatic rings. The second kappa shape index (κ2) is 5.85. The number of anilines is 1. The van der Waals surface area contributed by atoms with Crippen LogP contribution >= 0.6 is 0 Å². The lowest BCUT2D eigenvalue weighted by molar-refractivity contribution is 0.414. The second-order valence-electron chi connectivity index (χ2n) is 5.54. The van der Waals surface area contributed by atoms with Crippen molar-refractivity contribution in [3.8, 4) is 17.1 Å². The van der Waals surface area contributed by atoms with Gasteiger partial charge in [0.05, 0.1) is 24.7 Å². The van der Waals surface area contributed by atoms with Gasteiger partial charge in [0.2, 0.25) is 5.95 Å². The fourth-order valence-electron chi connectivity index (χ4n) is 2.81. The Balaban J connectivity index is 1.67. The minimum absolute atomic E-state index is 0.386. The fraction of sp³-hybridized carbons (Fsp3) is 0.312. The standard InChI is InChI=1S/C16H18N6O/c1-23-12-4-7-22-14(10-19-15(22)8-12)13-3-6-18-16(21-13)20-11-2-5-17-9-11/h3-4,6-8,10-11,17H,2,5,9H2,1H3,(H,18,20,21). The summed E-state index contributed by atoms with van der Waals surface area (Å²) in [5.41, 5.74) is 2.59. The van der Waals surface area contributed by atoms with Gasteiger partial charge in [-0.2, -0.15) is 0 Å². The van der Waals surface area contributed by atoms with Gasteiger partial charge in [-0.1, -0.05) is 0 Å². The molecule has 4 heterocycles. The van der Waals surface area contributed by atoms with Crippen molar-refractivity contribution in [2.24, 2.45) is 0 Å². The first kappa shape index (κ1) is 14.0. The summed E-state index contributed by atoms with van der Waals surface area (Å²) in [7, 11) is 1.65. The van der Waals surface area contributed by atoms with Crippen LogP contribution in [0.25, 0.3) is 17.0 Å². The Labute approximate surface area is 133 Å². The third-order valence-electron chi connectivity index (χ3n) is 4.03. The van der Waals surface area contributed by atoms with Gasteiger partial charge in [0.15, 0.2) is 0 Å². The Morgan fingerprint density at radius 3 is 3.13 bits per heavy atom. The normalized spacial score (nSPS) is 17.5. The molecule has 1 fully saturated rings. The van der Waals surface area contributed by atoms with E-state index < -0.39 is 0 Å². The molecule has 23 heavy (non-hydrogen) atoms. The zero-order chi connectivity index (χ0) is 15.6. The minimum atomic E-state index is 0.386. The van der Waals surface area contributed by atoms with E-state index in [0.717, 1.165) is 42.3 Å². The predicted octanol–water partition coefficient (Wildman–Crippen LogP) is 1.57. The van der Waals surface area contributed by atoms with Crippen molar-refractivity contribution in [2.45, 2.75) is 12.5 Å². The van der Waals surface area contributed by atoms with E-state index in [1.54, 1.807) is 13.3 Å². The number of aromatic nitrogens is 4. The summed E-state index contributed by atoms with van der Waals surface area (Å²) >= 11 is 0. The molecule has 3 aromatic heterocycles. The molecule has 3 aromatic rings. The molecule has 1 saturated heterocycles. The Kier molecular flexibility index (Phi) is 3.55. The van der Waals surface area contributed by atoms with Crippen molar-refractivity contribution in [2.75, 3.05) is 25.5 Å². The van der Waals surface area contributed by atoms with E-state index in [4.69, 9.17) is 4.74 Å². The summed E-state index contributed by atoms with van der Waals surface area (Å²) in [6.45, 7) is 1.98. The largest absolute Gasteiger partial charge is 0.497 e. The first-order valence-corrected chi connectivity index (χ1v) is 7.65. The van der Waals surface area contributed by atoms with Crippen LogP contribution in [0.2, 0.25) is 0 Å². The third-order valence-corrected chi connectivity index (χ3v) is 4.03. The lowest BCUT2D eigenvalue weighted by atomic mass is 10.3. The van der Waals surface area contributed by atoms with Crippen molar-refractivity contribution >= 4 is 11.6 Å². The number of pyridine rings is 1. The zero-order valence-corrected chi connectivity index (χ0v) is 12.9. The summed E-state index contributed by atoms with van der Waals surface area (Å²) in [5.74, 6) is 1.44. The average molecular weight is 310 g/mol. The fourth-order valence-corrected chi connectivity index (χ4v) is 2.81. The molecule has 0 saturated carbocycles. The molecule has 118 valence electrons. The monoisotopic (exact) mass is 310 g/mol. The van der Waals surface area contributed by atoms with Crippen molar-refractivity contribution in [3.63, 3.8) is 0 Å². The number of imidazole rings is 1. The van der Waals surface area contributed by atoms with Gasteiger partial charge in [0.25, 0.3) is 0 Å². The summed E-state index contributed by atoms with van der Waals surface area (Å²) in [6, 6.07) is 6.08. The SMILES string of the molecule is COc1ccn2c(-c3ccnc(NC4CCNC4)n3)cnc2c1. The molecule has 2 N–H and O–H groups in total. The van der Waals surface area contributed by atoms with Crippen LogP contribution < -0.4 is 15.4 Å². The van der Waals surface area contributed by atoms with Crippen LogP contribution in [0, 0.1) is 0 Å². The summed E-state index contributed by atoms with van der Waals surface area (Å²) in [6.07, 6.45) is 6.61. The van der Waals surface area contributed by atoms with Crippen LogP contribution in [0.5, 0.6) is 5.75 Å². The Morgan fingerprint density at radius 1 is 1.35 bits per heavy atom. The number of rotatable bonds is 4. The maximum Gasteiger partial charge on any atom is 0.223 e. The molecular formula is C16H18N6O. The molecule has 0 radical (unpaired) electrons. The van der Waals surface area contributed by atoms with Gasteiger partial charge in [-0.3, -0.25) is 4.40 Å². The van der Waals surface area contributed by atoms with E-state index in [9.17, 15) is 0 Å². The number of nitrogens with one attached hydrogen (secondary N) is 2. The molecule has 1 atom stereocenters. The van der Waals surface area contributed by atoms with E-state index in [1.807, 2.05) is 35.0 Å². The Bertz CT molecular complexity index is 824. The third kappa shape index (κ3) is 2.70. The average Bonchev–Trinajstić information content (AvgIpc) is 3.23. The highest BCUT2D eigenvalue weighted by atomic mass is 16.5. The van der Waals surface area contributed by atoms with Gasteiger partial charge in [-0.25, -0.2) is 15.0 Å². The second-order valence-corrected chi connectivity index (χ2v) is 5.54. The van der Waals surface area contributed by atoms with Gasteiger partial charge in [-0.15, -0.1) is 0 Å². The Hall–Kier alpha value is -2.67. The van der Waals surface area contributed by atoms with Crippen LogP contribution in [0.1, 0.15) is 6.42 Å². The number of nitrogens with zero attached hydrogens (tertiary/aromatic N) is 4. The number of hydrogen-bond donors (Lipinski definition) is 2. The van der Waals surface area contributed by atoms with Gasteiger partial charge < -0.3 is 15.4 Å². The first-order chi connectivity index (χ1) is 11.3. The van der Waals surface area contributed by atoms with Gasteiger partial charge in [-0.05, 0) is 25.1 Å². The first-order valence-electron chi connectivity index (χ1n) is 7.65. The van der Waals surface area contributed by atoms with Crippen molar-refractivity contribution in [1.82, 2.24) is 24.7 Å². The predicted molar refractivity (Wildman–Crippen MR) is 87.7 cm³/mol. The van der Waals surface area contributed by atoms with Gasteiger partial charge >= 0.3 is 0 Å². The van der Waals surface area contributed by atoms with Crippen molar-refractivity contribution < 1.29 is 4.74 Å². The smallest absolute Gasteiger partial charge is 0.223 e. The molecule has 7 heteroatoms. The van der Waals surface area contributed by atoms with E-state index in [1.165, 1.54) is 0 Å². The maximum absolute atomic E-state index is 5.24. The van der Waals surface area contributed by atoms with Crippen molar-refractivity contribution in [3.05, 3.63) is 36.8 Å². The molecule has 7 nitrogen and oxygen atoms in total. The van der Waals surface area contributed by atoms with E-state index in [2.05, 4.69) is 25.6 Å². The minimum Gasteiger partial charge on any atom is -0.497 e. The number of methoxy groups -OCH3 is 1. The highest BCUT2D eigenvalue weighted by molar-refractivity contribution is 5.61. The number of fused-ring (bicyclic) bond motifs is 1. The summed E-state index contributed by atoms with van der Waals surface area (Å²) < 4.78 is 7.23. The van der Waals surface area contributed by atoms with Crippen molar-refractivity contribution in [1.29, 1.82) is 0 Å². The lowest BCUT2D eigenvalue weighted by Crippen LogP contribution is -2.23. The van der Waals surface area contributed by atoms with Crippen LogP contribution in [-0.4, -0.2) is 45.6 Å². The lowest BCUT2D eigenvalue weighted by Gasteiger charge is -2.11. The molecule has 1 unspecified atom stereocenters. The van der Waals surface area contributed by atoms with E-state index in [0.29, 0.717) is 12.0 Å². The van der Waals surface area contributed by atoms with E-state index >= 15 is 0 Å². The van der Waals surface area contributed by atoms with Crippen LogP contribution in [-0.2, 0) is 0 Å². The molecule has 0 aromatic carbocycles. The highest BCUT2D eigenvalue weighted by Gasteiger charge is 2.16. The van der Waals surface area contributed by atoms with Crippen LogP contribution in [0.15, 0.2) is 36.8 Å². The summed E-state index contributed by atoms with van der Waals surface area (Å²) in [4.78, 5) is 13.4. The van der Waals surface area contributed by atoms with Gasteiger partial charge in [0, 0.05) is 31.0 Å². The zero-order valence-electron chi connectivity index (χ0n) is 12.9. The summed E-state index contributed by atoms with van der Waals surface area (Å²) in [5, 5.41) is 6.70. The quantitative estimate of drug-likeness (QED) is 0.762. The Morgan fingerprint density at radius 2 is 2.30 bits per heavy atom. The highest BCUT2D eigenvalue weighted by Crippen LogP contribution is 2.22. The molecule has 0 amide bonds. The number of hydrogen-bond acceptors (Lipinski definition) is 6.